The fraction of sp³-hybridized carbons (Fsp3) is 0.222. The van der Waals surface area contributed by atoms with E-state index >= 15 is 0 Å². The number of anilines is 2. The molecule has 0 heterocycles. The Morgan fingerprint density at radius 2 is 1.75 bits per heavy atom. The number of hydrogen-bond acceptors (Lipinski definition) is 2. The number of benzene rings is 2. The molecule has 0 aliphatic rings. The Labute approximate surface area is 121 Å². The molecule has 2 nitrogen and oxygen atoms in total. The minimum Gasteiger partial charge on any atom is -0.379 e. The van der Waals surface area contributed by atoms with Crippen molar-refractivity contribution >= 4 is 11.4 Å². The number of para-hydroxylation sites is 1. The lowest BCUT2D eigenvalue weighted by atomic mass is 10.2. The highest BCUT2D eigenvalue weighted by Crippen LogP contribution is 2.13. The summed E-state index contributed by atoms with van der Waals surface area (Å²) in [4.78, 5) is 0. The van der Waals surface area contributed by atoms with E-state index in [1.54, 1.807) is 0 Å². The minimum atomic E-state index is 0.798. The van der Waals surface area contributed by atoms with Crippen LogP contribution in [0.15, 0.2) is 66.4 Å². The van der Waals surface area contributed by atoms with Crippen LogP contribution < -0.4 is 10.6 Å². The van der Waals surface area contributed by atoms with Gasteiger partial charge in [-0.25, -0.2) is 0 Å². The standard InChI is InChI=1S/C18H22N2/c1-3-8-18(20-16-10-5-4-6-11-16)14-19-17-12-7-9-15(2)13-17/h4-13,19-20H,3,14H2,1-2H3/b18-8+. The topological polar surface area (TPSA) is 24.1 Å². The lowest BCUT2D eigenvalue weighted by molar-refractivity contribution is 1.13. The summed E-state index contributed by atoms with van der Waals surface area (Å²) in [7, 11) is 0. The van der Waals surface area contributed by atoms with Crippen molar-refractivity contribution in [1.82, 2.24) is 0 Å². The SMILES string of the molecule is CC/C=C(\CNc1cccc(C)c1)Nc1ccccc1. The molecule has 0 saturated heterocycles. The third kappa shape index (κ3) is 4.47. The van der Waals surface area contributed by atoms with Crippen LogP contribution in [0.25, 0.3) is 0 Å². The van der Waals surface area contributed by atoms with Gasteiger partial charge in [-0.2, -0.15) is 0 Å². The van der Waals surface area contributed by atoms with E-state index in [4.69, 9.17) is 0 Å². The van der Waals surface area contributed by atoms with Gasteiger partial charge in [-0.05, 0) is 43.2 Å². The first-order valence-corrected chi connectivity index (χ1v) is 7.09. The molecular formula is C18H22N2. The molecule has 0 saturated carbocycles. The van der Waals surface area contributed by atoms with Crippen molar-refractivity contribution in [2.75, 3.05) is 17.2 Å². The van der Waals surface area contributed by atoms with Gasteiger partial charge in [-0.3, -0.25) is 0 Å². The van der Waals surface area contributed by atoms with Crippen molar-refractivity contribution in [3.05, 3.63) is 71.9 Å². The first kappa shape index (κ1) is 14.2. The molecule has 0 spiro atoms. The zero-order valence-electron chi connectivity index (χ0n) is 12.2. The molecule has 2 heteroatoms. The Morgan fingerprint density at radius 1 is 1.00 bits per heavy atom. The summed E-state index contributed by atoms with van der Waals surface area (Å²) >= 11 is 0. The highest BCUT2D eigenvalue weighted by molar-refractivity contribution is 5.51. The lowest BCUT2D eigenvalue weighted by Gasteiger charge is -2.13. The Balaban J connectivity index is 1.98. The Bertz CT molecular complexity index is 559. The van der Waals surface area contributed by atoms with Crippen molar-refractivity contribution in [3.8, 4) is 0 Å². The fourth-order valence-electron chi connectivity index (χ4n) is 2.07. The average molecular weight is 266 g/mol. The van der Waals surface area contributed by atoms with E-state index < -0.39 is 0 Å². The quantitative estimate of drug-likeness (QED) is 0.783. The van der Waals surface area contributed by atoms with Crippen molar-refractivity contribution in [2.45, 2.75) is 20.3 Å². The van der Waals surface area contributed by atoms with E-state index in [2.05, 4.69) is 67.0 Å². The Morgan fingerprint density at radius 3 is 2.45 bits per heavy atom. The van der Waals surface area contributed by atoms with Gasteiger partial charge in [0, 0.05) is 17.1 Å². The maximum Gasteiger partial charge on any atom is 0.0548 e. The van der Waals surface area contributed by atoms with Crippen LogP contribution in [0.1, 0.15) is 18.9 Å². The first-order valence-electron chi connectivity index (χ1n) is 7.09. The van der Waals surface area contributed by atoms with Crippen LogP contribution in [0.4, 0.5) is 11.4 Å². The molecule has 2 rings (SSSR count). The zero-order chi connectivity index (χ0) is 14.2. The van der Waals surface area contributed by atoms with Crippen molar-refractivity contribution < 1.29 is 0 Å². The van der Waals surface area contributed by atoms with Crippen LogP contribution in [0.3, 0.4) is 0 Å². The number of nitrogens with one attached hydrogen (secondary N) is 2. The molecule has 0 unspecified atom stereocenters. The molecule has 0 aliphatic carbocycles. The maximum absolute atomic E-state index is 3.46. The first-order chi connectivity index (χ1) is 9.78. The van der Waals surface area contributed by atoms with Crippen LogP contribution in [-0.2, 0) is 0 Å². The third-order valence-corrected chi connectivity index (χ3v) is 3.03. The molecule has 0 aromatic heterocycles. The van der Waals surface area contributed by atoms with Crippen molar-refractivity contribution in [3.63, 3.8) is 0 Å². The highest BCUT2D eigenvalue weighted by Gasteiger charge is 1.98. The number of hydrogen-bond donors (Lipinski definition) is 2. The predicted octanol–water partition coefficient (Wildman–Crippen LogP) is 4.81. The minimum absolute atomic E-state index is 0.798. The summed E-state index contributed by atoms with van der Waals surface area (Å²) in [6.07, 6.45) is 3.24. The van der Waals surface area contributed by atoms with Gasteiger partial charge in [0.1, 0.15) is 0 Å². The van der Waals surface area contributed by atoms with Crippen LogP contribution in [0.2, 0.25) is 0 Å². The van der Waals surface area contributed by atoms with Crippen LogP contribution in [-0.4, -0.2) is 6.54 Å². The van der Waals surface area contributed by atoms with Crippen LogP contribution >= 0.6 is 0 Å². The molecule has 2 aromatic carbocycles. The maximum atomic E-state index is 3.46. The van der Waals surface area contributed by atoms with Crippen molar-refractivity contribution in [2.24, 2.45) is 0 Å². The normalized spacial score (nSPS) is 11.2. The van der Waals surface area contributed by atoms with Gasteiger partial charge >= 0.3 is 0 Å². The number of aryl methyl sites for hydroxylation is 1. The molecule has 2 aromatic rings. The summed E-state index contributed by atoms with van der Waals surface area (Å²) in [5.41, 5.74) is 4.74. The van der Waals surface area contributed by atoms with Gasteiger partial charge < -0.3 is 10.6 Å². The number of rotatable bonds is 6. The molecule has 104 valence electrons. The van der Waals surface area contributed by atoms with Gasteiger partial charge in [0.15, 0.2) is 0 Å². The molecule has 0 bridgehead atoms. The summed E-state index contributed by atoms with van der Waals surface area (Å²) in [5, 5.41) is 6.92. The monoisotopic (exact) mass is 266 g/mol. The van der Waals surface area contributed by atoms with E-state index in [9.17, 15) is 0 Å². The average Bonchev–Trinajstić information content (AvgIpc) is 2.46. The molecule has 0 amide bonds. The lowest BCUT2D eigenvalue weighted by Crippen LogP contribution is -2.11. The summed E-state index contributed by atoms with van der Waals surface area (Å²) in [6, 6.07) is 18.7. The molecule has 0 aliphatic heterocycles. The number of allylic oxidation sites excluding steroid dienone is 1. The zero-order valence-corrected chi connectivity index (χ0v) is 12.2. The second-order valence-corrected chi connectivity index (χ2v) is 4.85. The van der Waals surface area contributed by atoms with Gasteiger partial charge in [-0.15, -0.1) is 0 Å². The molecule has 0 fully saturated rings. The molecule has 0 atom stereocenters. The summed E-state index contributed by atoms with van der Waals surface area (Å²) in [5.74, 6) is 0. The van der Waals surface area contributed by atoms with Crippen molar-refractivity contribution in [1.29, 1.82) is 0 Å². The van der Waals surface area contributed by atoms with Gasteiger partial charge in [0.05, 0.1) is 6.54 Å². The van der Waals surface area contributed by atoms with Gasteiger partial charge in [0.2, 0.25) is 0 Å². The smallest absolute Gasteiger partial charge is 0.0548 e. The largest absolute Gasteiger partial charge is 0.379 e. The molecule has 20 heavy (non-hydrogen) atoms. The Hall–Kier alpha value is -2.22. The van der Waals surface area contributed by atoms with E-state index in [0.29, 0.717) is 0 Å². The molecule has 2 N–H and O–H groups in total. The summed E-state index contributed by atoms with van der Waals surface area (Å²) in [6.45, 7) is 5.06. The second kappa shape index (κ2) is 7.39. The molecular weight excluding hydrogens is 244 g/mol. The summed E-state index contributed by atoms with van der Waals surface area (Å²) < 4.78 is 0. The predicted molar refractivity (Wildman–Crippen MR) is 88.1 cm³/mol. The van der Waals surface area contributed by atoms with Crippen LogP contribution in [0.5, 0.6) is 0 Å². The van der Waals surface area contributed by atoms with Gasteiger partial charge in [-0.1, -0.05) is 43.3 Å². The van der Waals surface area contributed by atoms with E-state index in [0.717, 1.165) is 24.3 Å². The highest BCUT2D eigenvalue weighted by atomic mass is 15.0. The van der Waals surface area contributed by atoms with E-state index in [1.165, 1.54) is 11.3 Å². The van der Waals surface area contributed by atoms with E-state index in [-0.39, 0.29) is 0 Å². The Kier molecular flexibility index (Phi) is 5.24. The van der Waals surface area contributed by atoms with E-state index in [1.807, 2.05) is 18.2 Å². The van der Waals surface area contributed by atoms with Gasteiger partial charge in [0.25, 0.3) is 0 Å². The second-order valence-electron chi connectivity index (χ2n) is 4.85. The fourth-order valence-corrected chi connectivity index (χ4v) is 2.07. The van der Waals surface area contributed by atoms with Crippen LogP contribution in [0, 0.1) is 6.92 Å². The third-order valence-electron chi connectivity index (χ3n) is 3.03. The molecule has 0 radical (unpaired) electrons.